The molecule has 0 aliphatic rings. The largest absolute Gasteiger partial charge is 0.394 e. The molecule has 0 heterocycles. The van der Waals surface area contributed by atoms with Crippen LogP contribution in [0.5, 0.6) is 0 Å². The monoisotopic (exact) mass is 150 g/mol. The molecule has 0 fully saturated rings. The van der Waals surface area contributed by atoms with E-state index >= 15 is 0 Å². The lowest BCUT2D eigenvalue weighted by Crippen LogP contribution is -2.35. The molecule has 0 spiro atoms. The van der Waals surface area contributed by atoms with Crippen LogP contribution in [0, 0.1) is 0 Å². The highest BCUT2D eigenvalue weighted by molar-refractivity contribution is 4.67. The Morgan fingerprint density at radius 3 is 1.40 bits per heavy atom. The Kier molecular flexibility index (Phi) is 5.52. The first-order chi connectivity index (χ1) is 4.79. The summed E-state index contributed by atoms with van der Waals surface area (Å²) in [6, 6.07) is 0. The first kappa shape index (κ1) is 9.84. The summed E-state index contributed by atoms with van der Waals surface area (Å²) in [5.74, 6) is 0. The summed E-state index contributed by atoms with van der Waals surface area (Å²) < 4.78 is 9.62. The number of hydrogen-bond acceptors (Lipinski definition) is 4. The Hall–Kier alpha value is -0.160. The molecule has 4 nitrogen and oxygen atoms in total. The van der Waals surface area contributed by atoms with Gasteiger partial charge < -0.3 is 19.7 Å². The lowest BCUT2D eigenvalue weighted by molar-refractivity contribution is -0.0790. The molecule has 0 aromatic rings. The number of methoxy groups -OCH3 is 2. The highest BCUT2D eigenvalue weighted by atomic mass is 16.5. The van der Waals surface area contributed by atoms with Crippen molar-refractivity contribution in [3.05, 3.63) is 0 Å². The van der Waals surface area contributed by atoms with Crippen LogP contribution in [0.2, 0.25) is 0 Å². The second kappa shape index (κ2) is 5.61. The van der Waals surface area contributed by atoms with Crippen LogP contribution in [0.3, 0.4) is 0 Å². The topological polar surface area (TPSA) is 58.9 Å². The minimum Gasteiger partial charge on any atom is -0.394 e. The number of aliphatic hydroxyl groups excluding tert-OH is 2. The normalized spacial score (nSPS) is 16.8. The van der Waals surface area contributed by atoms with Crippen molar-refractivity contribution in [2.75, 3.05) is 27.4 Å². The molecule has 0 amide bonds. The molecule has 2 N–H and O–H groups in total. The molecule has 0 radical (unpaired) electrons. The van der Waals surface area contributed by atoms with Crippen molar-refractivity contribution in [3.63, 3.8) is 0 Å². The molecular weight excluding hydrogens is 136 g/mol. The summed E-state index contributed by atoms with van der Waals surface area (Å²) in [6.45, 7) is -0.287. The number of aliphatic hydroxyl groups is 2. The van der Waals surface area contributed by atoms with Crippen molar-refractivity contribution in [2.24, 2.45) is 0 Å². The van der Waals surface area contributed by atoms with E-state index in [-0.39, 0.29) is 13.2 Å². The molecule has 0 saturated heterocycles. The van der Waals surface area contributed by atoms with Gasteiger partial charge in [0.15, 0.2) is 0 Å². The van der Waals surface area contributed by atoms with Gasteiger partial charge in [-0.15, -0.1) is 0 Å². The Bertz CT molecular complexity index is 58.1. The van der Waals surface area contributed by atoms with Crippen LogP contribution in [-0.4, -0.2) is 49.9 Å². The fourth-order valence-corrected chi connectivity index (χ4v) is 0.688. The molecule has 0 saturated carbocycles. The highest BCUT2D eigenvalue weighted by Crippen LogP contribution is 1.99. The summed E-state index contributed by atoms with van der Waals surface area (Å²) in [6.07, 6.45) is -0.870. The van der Waals surface area contributed by atoms with E-state index in [9.17, 15) is 0 Å². The molecule has 0 aromatic heterocycles. The molecule has 0 aliphatic heterocycles. The maximum absolute atomic E-state index is 8.64. The van der Waals surface area contributed by atoms with Crippen LogP contribution < -0.4 is 0 Å². The minimum atomic E-state index is -0.435. The lowest BCUT2D eigenvalue weighted by Gasteiger charge is -2.20. The predicted molar refractivity (Wildman–Crippen MR) is 35.8 cm³/mol. The maximum Gasteiger partial charge on any atom is 0.108 e. The van der Waals surface area contributed by atoms with Crippen molar-refractivity contribution in [2.45, 2.75) is 12.2 Å². The fourth-order valence-electron chi connectivity index (χ4n) is 0.688. The van der Waals surface area contributed by atoms with Gasteiger partial charge in [-0.05, 0) is 0 Å². The van der Waals surface area contributed by atoms with E-state index in [0.29, 0.717) is 0 Å². The smallest absolute Gasteiger partial charge is 0.108 e. The molecule has 0 aromatic carbocycles. The third kappa shape index (κ3) is 2.62. The molecule has 0 unspecified atom stereocenters. The van der Waals surface area contributed by atoms with Crippen molar-refractivity contribution in [3.8, 4) is 0 Å². The van der Waals surface area contributed by atoms with Gasteiger partial charge in [-0.25, -0.2) is 0 Å². The van der Waals surface area contributed by atoms with E-state index in [0.717, 1.165) is 0 Å². The van der Waals surface area contributed by atoms with E-state index in [1.807, 2.05) is 0 Å². The van der Waals surface area contributed by atoms with Crippen molar-refractivity contribution in [1.82, 2.24) is 0 Å². The summed E-state index contributed by atoms with van der Waals surface area (Å²) in [7, 11) is 2.92. The quantitative estimate of drug-likeness (QED) is 0.528. The summed E-state index contributed by atoms with van der Waals surface area (Å²) >= 11 is 0. The van der Waals surface area contributed by atoms with Crippen LogP contribution in [-0.2, 0) is 9.47 Å². The van der Waals surface area contributed by atoms with Gasteiger partial charge in [-0.3, -0.25) is 0 Å². The van der Waals surface area contributed by atoms with Crippen molar-refractivity contribution >= 4 is 0 Å². The van der Waals surface area contributed by atoms with Crippen LogP contribution >= 0.6 is 0 Å². The molecule has 0 bridgehead atoms. The van der Waals surface area contributed by atoms with Crippen LogP contribution in [0.4, 0.5) is 0 Å². The average molecular weight is 150 g/mol. The van der Waals surface area contributed by atoms with E-state index in [1.165, 1.54) is 14.2 Å². The van der Waals surface area contributed by atoms with E-state index in [2.05, 4.69) is 0 Å². The average Bonchev–Trinajstić information content (AvgIpc) is 2.00. The number of ether oxygens (including phenoxy) is 2. The van der Waals surface area contributed by atoms with Gasteiger partial charge in [-0.1, -0.05) is 0 Å². The SMILES string of the molecule is CO[C@@H](CO)[C@@H](CO)OC. The number of hydrogen-bond donors (Lipinski definition) is 2. The molecule has 10 heavy (non-hydrogen) atoms. The Morgan fingerprint density at radius 1 is 1.00 bits per heavy atom. The summed E-state index contributed by atoms with van der Waals surface area (Å²) in [5, 5.41) is 17.3. The van der Waals surface area contributed by atoms with Gasteiger partial charge in [0.2, 0.25) is 0 Å². The van der Waals surface area contributed by atoms with Crippen molar-refractivity contribution in [1.29, 1.82) is 0 Å². The van der Waals surface area contributed by atoms with Crippen LogP contribution in [0.25, 0.3) is 0 Å². The summed E-state index contributed by atoms with van der Waals surface area (Å²) in [4.78, 5) is 0. The minimum absolute atomic E-state index is 0.143. The van der Waals surface area contributed by atoms with E-state index in [1.54, 1.807) is 0 Å². The van der Waals surface area contributed by atoms with Gasteiger partial charge in [0, 0.05) is 14.2 Å². The fraction of sp³-hybridized carbons (Fsp3) is 1.00. The molecule has 4 heteroatoms. The predicted octanol–water partition coefficient (Wildman–Crippen LogP) is -0.999. The summed E-state index contributed by atoms with van der Waals surface area (Å²) in [5.41, 5.74) is 0. The van der Waals surface area contributed by atoms with Crippen LogP contribution in [0.15, 0.2) is 0 Å². The van der Waals surface area contributed by atoms with E-state index in [4.69, 9.17) is 19.7 Å². The molecular formula is C6H14O4. The first-order valence-electron chi connectivity index (χ1n) is 3.07. The zero-order chi connectivity index (χ0) is 7.98. The standard InChI is InChI=1S/C6H14O4/c1-9-5(3-7)6(4-8)10-2/h5-8H,3-4H2,1-2H3/t5-,6+. The molecule has 62 valence electrons. The lowest BCUT2D eigenvalue weighted by atomic mass is 10.2. The highest BCUT2D eigenvalue weighted by Gasteiger charge is 2.18. The second-order valence-corrected chi connectivity index (χ2v) is 1.91. The van der Waals surface area contributed by atoms with E-state index < -0.39 is 12.2 Å². The van der Waals surface area contributed by atoms with Crippen LogP contribution in [0.1, 0.15) is 0 Å². The van der Waals surface area contributed by atoms with Gasteiger partial charge in [-0.2, -0.15) is 0 Å². The number of rotatable bonds is 5. The molecule has 0 aliphatic carbocycles. The second-order valence-electron chi connectivity index (χ2n) is 1.91. The third-order valence-electron chi connectivity index (χ3n) is 1.38. The van der Waals surface area contributed by atoms with Gasteiger partial charge in [0.1, 0.15) is 12.2 Å². The molecule has 2 atom stereocenters. The first-order valence-corrected chi connectivity index (χ1v) is 3.07. The Morgan fingerprint density at radius 2 is 1.30 bits per heavy atom. The van der Waals surface area contributed by atoms with Crippen molar-refractivity contribution < 1.29 is 19.7 Å². The maximum atomic E-state index is 8.64. The zero-order valence-corrected chi connectivity index (χ0v) is 6.28. The molecule has 0 rings (SSSR count). The van der Waals surface area contributed by atoms with Gasteiger partial charge in [0.05, 0.1) is 13.2 Å². The Balaban J connectivity index is 3.70. The third-order valence-corrected chi connectivity index (χ3v) is 1.38. The van der Waals surface area contributed by atoms with Gasteiger partial charge >= 0.3 is 0 Å². The van der Waals surface area contributed by atoms with Gasteiger partial charge in [0.25, 0.3) is 0 Å². The Labute approximate surface area is 60.4 Å². The zero-order valence-electron chi connectivity index (χ0n) is 6.28.